The van der Waals surface area contributed by atoms with Gasteiger partial charge in [0.2, 0.25) is 0 Å². The van der Waals surface area contributed by atoms with Crippen LogP contribution in [0.2, 0.25) is 0 Å². The molecule has 4 heteroatoms. The van der Waals surface area contributed by atoms with Gasteiger partial charge in [0.25, 0.3) is 0 Å². The highest BCUT2D eigenvalue weighted by Gasteiger charge is 2.33. The highest BCUT2D eigenvalue weighted by atomic mass is 19.4. The largest absolute Gasteiger partial charge is 0.523 e. The van der Waals surface area contributed by atoms with E-state index in [0.29, 0.717) is 0 Å². The predicted molar refractivity (Wildman–Crippen MR) is 23.3 cm³/mol. The van der Waals surface area contributed by atoms with E-state index in [1.807, 2.05) is 0 Å². The van der Waals surface area contributed by atoms with Crippen molar-refractivity contribution in [2.45, 2.75) is 18.9 Å². The third kappa shape index (κ3) is 1.94. The van der Waals surface area contributed by atoms with Gasteiger partial charge in [-0.3, -0.25) is 4.74 Å². The molecule has 0 fully saturated rings. The van der Waals surface area contributed by atoms with Crippen LogP contribution in [-0.2, 0) is 4.74 Å². The van der Waals surface area contributed by atoms with Crippen molar-refractivity contribution in [3.05, 3.63) is 0 Å². The van der Waals surface area contributed by atoms with Gasteiger partial charge in [-0.1, -0.05) is 11.8 Å². The van der Waals surface area contributed by atoms with Crippen molar-refractivity contribution >= 4 is 0 Å². The van der Waals surface area contributed by atoms with E-state index >= 15 is 0 Å². The maximum Gasteiger partial charge on any atom is 0.523 e. The average Bonchev–Trinajstić information content (AvgIpc) is 1.53. The van der Waals surface area contributed by atoms with Gasteiger partial charge >= 0.3 is 6.36 Å². The van der Waals surface area contributed by atoms with Crippen LogP contribution in [0.1, 0.15) is 6.42 Å². The van der Waals surface area contributed by atoms with Crippen molar-refractivity contribution < 1.29 is 17.9 Å². The first-order valence-electron chi connectivity index (χ1n) is 2.31. The smallest absolute Gasteiger partial charge is 0.274 e. The molecule has 0 spiro atoms. The SMILES string of the molecule is FC(F)(F)OC1C#CC1. The van der Waals surface area contributed by atoms with Gasteiger partial charge in [-0.2, -0.15) is 0 Å². The number of hydrogen-bond acceptors (Lipinski definition) is 1. The first kappa shape index (κ1) is 6.43. The topological polar surface area (TPSA) is 9.23 Å². The van der Waals surface area contributed by atoms with Gasteiger partial charge in [-0.25, -0.2) is 0 Å². The molecule has 0 saturated heterocycles. The number of halogens is 3. The van der Waals surface area contributed by atoms with Crippen LogP contribution in [0.4, 0.5) is 13.2 Å². The summed E-state index contributed by atoms with van der Waals surface area (Å²) in [4.78, 5) is 0. The van der Waals surface area contributed by atoms with Crippen LogP contribution in [-0.4, -0.2) is 12.5 Å². The fraction of sp³-hybridized carbons (Fsp3) is 0.600. The summed E-state index contributed by atoms with van der Waals surface area (Å²) in [6.07, 6.45) is -5.25. The quantitative estimate of drug-likeness (QED) is 0.493. The summed E-state index contributed by atoms with van der Waals surface area (Å²) >= 11 is 0. The molecule has 50 valence electrons. The number of ether oxygens (including phenoxy) is 1. The summed E-state index contributed by atoms with van der Waals surface area (Å²) in [5, 5.41) is 0. The third-order valence-corrected chi connectivity index (χ3v) is 0.826. The molecular weight excluding hydrogens is 133 g/mol. The predicted octanol–water partition coefficient (Wildman–Crippen LogP) is 1.30. The molecule has 0 aromatic heterocycles. The summed E-state index contributed by atoms with van der Waals surface area (Å²) in [7, 11) is 0. The monoisotopic (exact) mass is 136 g/mol. The van der Waals surface area contributed by atoms with Crippen LogP contribution in [0.5, 0.6) is 0 Å². The molecule has 0 N–H and O–H groups in total. The lowest BCUT2D eigenvalue weighted by atomic mass is 10.1. The third-order valence-electron chi connectivity index (χ3n) is 0.826. The lowest BCUT2D eigenvalue weighted by Crippen LogP contribution is -2.25. The Kier molecular flexibility index (Phi) is 1.37. The molecule has 1 rings (SSSR count). The van der Waals surface area contributed by atoms with Crippen LogP contribution in [0.3, 0.4) is 0 Å². The molecule has 0 aromatic carbocycles. The molecular formula is C5H3F3O. The van der Waals surface area contributed by atoms with E-state index in [2.05, 4.69) is 16.6 Å². The van der Waals surface area contributed by atoms with Gasteiger partial charge in [0.15, 0.2) is 0 Å². The molecule has 0 heterocycles. The molecule has 1 unspecified atom stereocenters. The van der Waals surface area contributed by atoms with Crippen molar-refractivity contribution in [3.8, 4) is 11.8 Å². The molecule has 1 atom stereocenters. The molecule has 1 aliphatic carbocycles. The Balaban J connectivity index is 2.29. The first-order valence-corrected chi connectivity index (χ1v) is 2.31. The number of rotatable bonds is 1. The normalized spacial score (nSPS) is 24.1. The van der Waals surface area contributed by atoms with E-state index in [1.54, 1.807) is 0 Å². The van der Waals surface area contributed by atoms with Crippen LogP contribution < -0.4 is 0 Å². The number of hydrogen-bond donors (Lipinski definition) is 0. The summed E-state index contributed by atoms with van der Waals surface area (Å²) in [5.41, 5.74) is 0. The van der Waals surface area contributed by atoms with Crippen LogP contribution in [0, 0.1) is 11.8 Å². The Morgan fingerprint density at radius 2 is 2.00 bits per heavy atom. The summed E-state index contributed by atoms with van der Waals surface area (Å²) in [5.74, 6) is 4.62. The van der Waals surface area contributed by atoms with Crippen molar-refractivity contribution in [1.82, 2.24) is 0 Å². The van der Waals surface area contributed by atoms with Crippen molar-refractivity contribution in [1.29, 1.82) is 0 Å². The first-order chi connectivity index (χ1) is 4.08. The number of alkyl halides is 3. The molecule has 0 bridgehead atoms. The molecule has 0 aromatic rings. The van der Waals surface area contributed by atoms with Crippen LogP contribution >= 0.6 is 0 Å². The lowest BCUT2D eigenvalue weighted by Gasteiger charge is -2.15. The van der Waals surface area contributed by atoms with E-state index in [4.69, 9.17) is 0 Å². The Morgan fingerprint density at radius 1 is 1.44 bits per heavy atom. The van der Waals surface area contributed by atoms with Crippen molar-refractivity contribution in [2.24, 2.45) is 0 Å². The zero-order chi connectivity index (χ0) is 6.91. The zero-order valence-electron chi connectivity index (χ0n) is 4.33. The highest BCUT2D eigenvalue weighted by Crippen LogP contribution is 2.21. The molecule has 0 saturated carbocycles. The minimum atomic E-state index is -4.53. The van der Waals surface area contributed by atoms with Gasteiger partial charge < -0.3 is 0 Å². The van der Waals surface area contributed by atoms with Gasteiger partial charge in [0, 0.05) is 6.42 Å². The highest BCUT2D eigenvalue weighted by molar-refractivity contribution is 5.18. The average molecular weight is 136 g/mol. The Hall–Kier alpha value is -0.690. The Bertz CT molecular complexity index is 161. The van der Waals surface area contributed by atoms with Crippen LogP contribution in [0.25, 0.3) is 0 Å². The molecule has 0 radical (unpaired) electrons. The van der Waals surface area contributed by atoms with Crippen molar-refractivity contribution in [3.63, 3.8) is 0 Å². The van der Waals surface area contributed by atoms with Gasteiger partial charge in [0.05, 0.1) is 0 Å². The zero-order valence-corrected chi connectivity index (χ0v) is 4.33. The summed E-state index contributed by atoms with van der Waals surface area (Å²) < 4.78 is 37.2. The van der Waals surface area contributed by atoms with E-state index in [1.165, 1.54) is 0 Å². The minimum absolute atomic E-state index is 0.194. The second-order valence-corrected chi connectivity index (χ2v) is 1.58. The van der Waals surface area contributed by atoms with E-state index < -0.39 is 12.5 Å². The molecule has 9 heavy (non-hydrogen) atoms. The maximum atomic E-state index is 11.2. The maximum absolute atomic E-state index is 11.2. The Labute approximate surface area is 49.8 Å². The van der Waals surface area contributed by atoms with Gasteiger partial charge in [-0.15, -0.1) is 13.2 Å². The molecule has 1 aliphatic rings. The van der Waals surface area contributed by atoms with Gasteiger partial charge in [0.1, 0.15) is 6.10 Å². The lowest BCUT2D eigenvalue weighted by molar-refractivity contribution is -0.335. The molecule has 1 nitrogen and oxygen atoms in total. The van der Waals surface area contributed by atoms with Crippen molar-refractivity contribution in [2.75, 3.05) is 0 Å². The fourth-order valence-corrected chi connectivity index (χ4v) is 0.418. The van der Waals surface area contributed by atoms with E-state index in [-0.39, 0.29) is 6.42 Å². The second kappa shape index (κ2) is 1.92. The van der Waals surface area contributed by atoms with E-state index in [0.717, 1.165) is 0 Å². The summed E-state index contributed by atoms with van der Waals surface area (Å²) in [6, 6.07) is 0. The second-order valence-electron chi connectivity index (χ2n) is 1.58. The standard InChI is InChI=1S/C5H3F3O/c6-5(7,8)9-4-2-1-3-4/h4H,2H2. The fourth-order valence-electron chi connectivity index (χ4n) is 0.418. The molecule has 0 aliphatic heterocycles. The van der Waals surface area contributed by atoms with Gasteiger partial charge in [-0.05, 0) is 0 Å². The Morgan fingerprint density at radius 3 is 2.11 bits per heavy atom. The van der Waals surface area contributed by atoms with Crippen LogP contribution in [0.15, 0.2) is 0 Å². The molecule has 0 amide bonds. The minimum Gasteiger partial charge on any atom is -0.274 e. The summed E-state index contributed by atoms with van der Waals surface area (Å²) in [6.45, 7) is 0. The van der Waals surface area contributed by atoms with E-state index in [9.17, 15) is 13.2 Å².